The lowest BCUT2D eigenvalue weighted by atomic mass is 10.2. The Labute approximate surface area is 172 Å². The van der Waals surface area contributed by atoms with Gasteiger partial charge in [0.1, 0.15) is 11.5 Å². The second-order valence-electron chi connectivity index (χ2n) is 5.82. The van der Waals surface area contributed by atoms with E-state index in [1.165, 1.54) is 24.1 Å². The second kappa shape index (κ2) is 9.97. The van der Waals surface area contributed by atoms with E-state index in [4.69, 9.17) is 9.68 Å². The van der Waals surface area contributed by atoms with Gasteiger partial charge in [-0.05, 0) is 48.5 Å². The number of rotatable bonds is 7. The van der Waals surface area contributed by atoms with E-state index < -0.39 is 11.8 Å². The number of furan rings is 1. The first-order chi connectivity index (χ1) is 14.2. The van der Waals surface area contributed by atoms with Gasteiger partial charge in [0, 0.05) is 22.2 Å². The summed E-state index contributed by atoms with van der Waals surface area (Å²) in [6, 6.07) is 21.2. The van der Waals surface area contributed by atoms with Crippen molar-refractivity contribution in [2.75, 3.05) is 11.1 Å². The van der Waals surface area contributed by atoms with Crippen LogP contribution in [-0.4, -0.2) is 17.6 Å². The molecule has 6 nitrogen and oxygen atoms in total. The van der Waals surface area contributed by atoms with Gasteiger partial charge in [0.2, 0.25) is 0 Å². The molecule has 7 heteroatoms. The molecule has 0 fully saturated rings. The maximum absolute atomic E-state index is 12.8. The van der Waals surface area contributed by atoms with Crippen LogP contribution in [0.25, 0.3) is 6.08 Å². The molecule has 0 bridgehead atoms. The minimum Gasteiger partial charge on any atom is -0.465 e. The highest BCUT2D eigenvalue weighted by Gasteiger charge is 2.15. The van der Waals surface area contributed by atoms with Crippen LogP contribution in [-0.2, 0) is 4.79 Å². The molecule has 2 N–H and O–H groups in total. The first-order valence-corrected chi connectivity index (χ1v) is 9.67. The fourth-order valence-corrected chi connectivity index (χ4v) is 2.97. The number of nitrogens with one attached hydrogen (secondary N) is 2. The van der Waals surface area contributed by atoms with Gasteiger partial charge in [-0.2, -0.15) is 5.26 Å². The summed E-state index contributed by atoms with van der Waals surface area (Å²) in [5, 5.41) is 14.0. The topological polar surface area (TPSA) is 95.1 Å². The molecule has 0 aliphatic carbocycles. The van der Waals surface area contributed by atoms with Gasteiger partial charge in [-0.15, -0.1) is 11.8 Å². The number of nitriles is 1. The van der Waals surface area contributed by atoms with Gasteiger partial charge in [-0.1, -0.05) is 18.2 Å². The van der Waals surface area contributed by atoms with E-state index in [1.807, 2.05) is 18.2 Å². The summed E-state index contributed by atoms with van der Waals surface area (Å²) in [5.74, 6) is -0.0931. The van der Waals surface area contributed by atoms with Gasteiger partial charge in [-0.3, -0.25) is 9.59 Å². The third-order valence-corrected chi connectivity index (χ3v) is 4.65. The predicted molar refractivity (Wildman–Crippen MR) is 112 cm³/mol. The Kier molecular flexibility index (Phi) is 6.87. The summed E-state index contributed by atoms with van der Waals surface area (Å²) in [5.41, 5.74) is 1.05. The number of hydrogen-bond donors (Lipinski definition) is 2. The van der Waals surface area contributed by atoms with Crippen molar-refractivity contribution in [1.29, 1.82) is 5.26 Å². The smallest absolute Gasteiger partial charge is 0.272 e. The molecule has 2 amide bonds. The zero-order valence-electron chi connectivity index (χ0n) is 15.3. The van der Waals surface area contributed by atoms with Crippen LogP contribution in [0.5, 0.6) is 0 Å². The standard InChI is InChI=1S/C22H17N3O3S/c23-12-14-29-19-10-8-17(9-11-19)24-22(27)20(15-18-7-4-13-28-18)25-21(26)16-5-2-1-3-6-16/h1-11,13,15H,14H2,(H,24,27)(H,25,26)/b20-15-. The normalized spacial score (nSPS) is 10.8. The Balaban J connectivity index is 1.76. The first-order valence-electron chi connectivity index (χ1n) is 8.68. The molecule has 0 unspecified atom stereocenters. The van der Waals surface area contributed by atoms with Gasteiger partial charge in [0.25, 0.3) is 11.8 Å². The van der Waals surface area contributed by atoms with Crippen molar-refractivity contribution in [3.8, 4) is 6.07 Å². The van der Waals surface area contributed by atoms with Crippen LogP contribution in [0.4, 0.5) is 5.69 Å². The number of amides is 2. The van der Waals surface area contributed by atoms with Crippen molar-refractivity contribution in [1.82, 2.24) is 5.32 Å². The lowest BCUT2D eigenvalue weighted by Gasteiger charge is -2.11. The van der Waals surface area contributed by atoms with E-state index in [2.05, 4.69) is 16.7 Å². The van der Waals surface area contributed by atoms with Crippen molar-refractivity contribution >= 4 is 35.3 Å². The minimum atomic E-state index is -0.483. The van der Waals surface area contributed by atoms with Crippen molar-refractivity contribution in [2.45, 2.75) is 4.90 Å². The molecule has 2 aromatic carbocycles. The number of benzene rings is 2. The van der Waals surface area contributed by atoms with E-state index in [-0.39, 0.29) is 5.70 Å². The average molecular weight is 403 g/mol. The Morgan fingerprint density at radius 1 is 1.03 bits per heavy atom. The van der Waals surface area contributed by atoms with Crippen LogP contribution in [0, 0.1) is 11.3 Å². The Morgan fingerprint density at radius 2 is 1.79 bits per heavy atom. The maximum Gasteiger partial charge on any atom is 0.272 e. The summed E-state index contributed by atoms with van der Waals surface area (Å²) in [6.45, 7) is 0. The van der Waals surface area contributed by atoms with Crippen LogP contribution < -0.4 is 10.6 Å². The predicted octanol–water partition coefficient (Wildman–Crippen LogP) is 4.30. The zero-order chi connectivity index (χ0) is 20.5. The van der Waals surface area contributed by atoms with Crippen LogP contribution >= 0.6 is 11.8 Å². The molecule has 144 valence electrons. The van der Waals surface area contributed by atoms with Gasteiger partial charge in [-0.25, -0.2) is 0 Å². The highest BCUT2D eigenvalue weighted by molar-refractivity contribution is 7.99. The van der Waals surface area contributed by atoms with Crippen molar-refractivity contribution in [2.24, 2.45) is 0 Å². The van der Waals surface area contributed by atoms with Crippen LogP contribution in [0.1, 0.15) is 16.1 Å². The van der Waals surface area contributed by atoms with Crippen molar-refractivity contribution < 1.29 is 14.0 Å². The molecule has 0 aliphatic rings. The number of carbonyl (C=O) groups excluding carboxylic acids is 2. The molecule has 0 saturated heterocycles. The van der Waals surface area contributed by atoms with Gasteiger partial charge < -0.3 is 15.1 Å². The van der Waals surface area contributed by atoms with Crippen LogP contribution in [0.3, 0.4) is 0 Å². The Hall–Kier alpha value is -3.76. The lowest BCUT2D eigenvalue weighted by Crippen LogP contribution is -2.30. The van der Waals surface area contributed by atoms with E-state index >= 15 is 0 Å². The molecular formula is C22H17N3O3S. The van der Waals surface area contributed by atoms with Crippen LogP contribution in [0.2, 0.25) is 0 Å². The summed E-state index contributed by atoms with van der Waals surface area (Å²) in [7, 11) is 0. The van der Waals surface area contributed by atoms with E-state index in [0.717, 1.165) is 4.90 Å². The summed E-state index contributed by atoms with van der Waals surface area (Å²) >= 11 is 1.41. The summed E-state index contributed by atoms with van der Waals surface area (Å²) in [6.07, 6.45) is 2.95. The third-order valence-electron chi connectivity index (χ3n) is 3.77. The first kappa shape index (κ1) is 20.0. The highest BCUT2D eigenvalue weighted by atomic mass is 32.2. The minimum absolute atomic E-state index is 0.0525. The number of carbonyl (C=O) groups is 2. The fraction of sp³-hybridized carbons (Fsp3) is 0.0455. The molecule has 1 heterocycles. The lowest BCUT2D eigenvalue weighted by molar-refractivity contribution is -0.113. The number of hydrogen-bond acceptors (Lipinski definition) is 5. The molecule has 29 heavy (non-hydrogen) atoms. The quantitative estimate of drug-likeness (QED) is 0.453. The molecule has 0 atom stereocenters. The monoisotopic (exact) mass is 403 g/mol. The Morgan fingerprint density at radius 3 is 2.45 bits per heavy atom. The number of nitrogens with zero attached hydrogens (tertiary/aromatic N) is 1. The zero-order valence-corrected chi connectivity index (χ0v) is 16.1. The van der Waals surface area contributed by atoms with E-state index in [0.29, 0.717) is 22.8 Å². The molecule has 3 aromatic rings. The van der Waals surface area contributed by atoms with Crippen LogP contribution in [0.15, 0.2) is 88.0 Å². The second-order valence-corrected chi connectivity index (χ2v) is 6.87. The average Bonchev–Trinajstić information content (AvgIpc) is 3.26. The fourth-order valence-electron chi connectivity index (χ4n) is 2.41. The molecule has 0 saturated carbocycles. The summed E-state index contributed by atoms with van der Waals surface area (Å²) < 4.78 is 5.27. The summed E-state index contributed by atoms with van der Waals surface area (Å²) in [4.78, 5) is 26.2. The Bertz CT molecular complexity index is 1040. The molecule has 0 spiro atoms. The van der Waals surface area contributed by atoms with Crippen molar-refractivity contribution in [3.05, 3.63) is 90.0 Å². The molecule has 0 radical (unpaired) electrons. The molecule has 1 aromatic heterocycles. The van der Waals surface area contributed by atoms with Gasteiger partial charge in [0.05, 0.1) is 18.1 Å². The number of anilines is 1. The maximum atomic E-state index is 12.8. The molecular weight excluding hydrogens is 386 g/mol. The van der Waals surface area contributed by atoms with Gasteiger partial charge in [0.15, 0.2) is 0 Å². The van der Waals surface area contributed by atoms with Gasteiger partial charge >= 0.3 is 0 Å². The third kappa shape index (κ3) is 5.86. The highest BCUT2D eigenvalue weighted by Crippen LogP contribution is 2.20. The SMILES string of the molecule is N#CCSc1ccc(NC(=O)/C(=C/c2ccco2)NC(=O)c2ccccc2)cc1. The molecule has 3 rings (SSSR count). The van der Waals surface area contributed by atoms with Crippen molar-refractivity contribution in [3.63, 3.8) is 0 Å². The molecule has 0 aliphatic heterocycles. The number of thioether (sulfide) groups is 1. The largest absolute Gasteiger partial charge is 0.465 e. The van der Waals surface area contributed by atoms with E-state index in [1.54, 1.807) is 48.5 Å². The van der Waals surface area contributed by atoms with E-state index in [9.17, 15) is 9.59 Å².